The first kappa shape index (κ1) is 26.5. The fourth-order valence-electron chi connectivity index (χ4n) is 3.80. The summed E-state index contributed by atoms with van der Waals surface area (Å²) < 4.78 is 6.11. The highest BCUT2D eigenvalue weighted by atomic mass is 127. The van der Waals surface area contributed by atoms with E-state index in [9.17, 15) is 0 Å². The van der Waals surface area contributed by atoms with Crippen LogP contribution in [0.3, 0.4) is 0 Å². The van der Waals surface area contributed by atoms with Gasteiger partial charge in [0.1, 0.15) is 0 Å². The lowest BCUT2D eigenvalue weighted by Gasteiger charge is -2.32. The van der Waals surface area contributed by atoms with Gasteiger partial charge in [-0.2, -0.15) is 0 Å². The SMILES string of the molecule is CN=C(NCCCOC1CCN(Cc2ccccc2)CC1)NCCc1ccc(C)nc1.I. The largest absolute Gasteiger partial charge is 0.378 e. The second-order valence-electron chi connectivity index (χ2n) is 8.17. The smallest absolute Gasteiger partial charge is 0.190 e. The molecule has 1 aliphatic heterocycles. The van der Waals surface area contributed by atoms with Crippen molar-refractivity contribution in [2.24, 2.45) is 4.99 Å². The molecule has 2 N–H and O–H groups in total. The molecule has 0 bridgehead atoms. The fraction of sp³-hybridized carbons (Fsp3) is 0.520. The number of pyridine rings is 1. The maximum Gasteiger partial charge on any atom is 0.190 e. The normalized spacial score (nSPS) is 15.2. The lowest BCUT2D eigenvalue weighted by Crippen LogP contribution is -2.39. The number of aryl methyl sites for hydroxylation is 1. The zero-order valence-electron chi connectivity index (χ0n) is 19.4. The van der Waals surface area contributed by atoms with Crippen LogP contribution in [-0.4, -0.2) is 61.8 Å². The number of likely N-dealkylation sites (tertiary alicyclic amines) is 1. The van der Waals surface area contributed by atoms with Crippen molar-refractivity contribution in [2.75, 3.05) is 39.8 Å². The first-order chi connectivity index (χ1) is 15.2. The van der Waals surface area contributed by atoms with E-state index >= 15 is 0 Å². The molecule has 2 heterocycles. The van der Waals surface area contributed by atoms with Crippen molar-refractivity contribution in [2.45, 2.75) is 45.3 Å². The van der Waals surface area contributed by atoms with Gasteiger partial charge in [0.25, 0.3) is 0 Å². The summed E-state index contributed by atoms with van der Waals surface area (Å²) in [5.41, 5.74) is 3.68. The number of ether oxygens (including phenoxy) is 1. The van der Waals surface area contributed by atoms with Crippen molar-refractivity contribution in [3.63, 3.8) is 0 Å². The molecule has 1 aromatic carbocycles. The van der Waals surface area contributed by atoms with E-state index in [1.807, 2.05) is 20.2 Å². The lowest BCUT2D eigenvalue weighted by atomic mass is 10.1. The molecule has 7 heteroatoms. The van der Waals surface area contributed by atoms with Gasteiger partial charge in [-0.05, 0) is 49.8 Å². The second-order valence-corrected chi connectivity index (χ2v) is 8.17. The minimum atomic E-state index is 0. The van der Waals surface area contributed by atoms with Crippen molar-refractivity contribution < 1.29 is 4.74 Å². The highest BCUT2D eigenvalue weighted by Gasteiger charge is 2.19. The molecule has 1 aromatic heterocycles. The van der Waals surface area contributed by atoms with Crippen LogP contribution >= 0.6 is 24.0 Å². The Balaban J connectivity index is 0.00000363. The number of aliphatic imine (C=N–C) groups is 1. The number of rotatable bonds is 10. The number of benzene rings is 1. The van der Waals surface area contributed by atoms with Crippen LogP contribution in [0, 0.1) is 6.92 Å². The third-order valence-electron chi connectivity index (χ3n) is 5.65. The summed E-state index contributed by atoms with van der Waals surface area (Å²) in [5.74, 6) is 0.842. The van der Waals surface area contributed by atoms with Crippen molar-refractivity contribution in [1.82, 2.24) is 20.5 Å². The molecule has 1 aliphatic rings. The highest BCUT2D eigenvalue weighted by molar-refractivity contribution is 14.0. The summed E-state index contributed by atoms with van der Waals surface area (Å²) in [5, 5.41) is 6.73. The van der Waals surface area contributed by atoms with Crippen LogP contribution in [0.25, 0.3) is 0 Å². The Morgan fingerprint density at radius 1 is 1.06 bits per heavy atom. The number of piperidine rings is 1. The zero-order valence-corrected chi connectivity index (χ0v) is 21.8. The van der Waals surface area contributed by atoms with E-state index in [0.717, 1.165) is 76.7 Å². The Morgan fingerprint density at radius 3 is 2.50 bits per heavy atom. The van der Waals surface area contributed by atoms with Crippen molar-refractivity contribution >= 4 is 29.9 Å². The maximum absolute atomic E-state index is 6.11. The molecule has 0 atom stereocenters. The molecule has 32 heavy (non-hydrogen) atoms. The van der Waals surface area contributed by atoms with Gasteiger partial charge in [0.15, 0.2) is 5.96 Å². The van der Waals surface area contributed by atoms with E-state index < -0.39 is 0 Å². The van der Waals surface area contributed by atoms with Gasteiger partial charge in [0.2, 0.25) is 0 Å². The molecule has 6 nitrogen and oxygen atoms in total. The van der Waals surface area contributed by atoms with Gasteiger partial charge in [-0.15, -0.1) is 24.0 Å². The second kappa shape index (κ2) is 15.2. The number of nitrogens with zero attached hydrogens (tertiary/aromatic N) is 3. The molecule has 0 amide bonds. The number of hydrogen-bond acceptors (Lipinski definition) is 4. The standard InChI is InChI=1S/C25H37N5O.HI/c1-21-9-10-22(19-29-21)11-15-28-25(26-2)27-14-6-18-31-24-12-16-30(17-13-24)20-23-7-4-3-5-8-23;/h3-5,7-10,19,24H,6,11-18,20H2,1-2H3,(H2,26,27,28);1H. The summed E-state index contributed by atoms with van der Waals surface area (Å²) >= 11 is 0. The van der Waals surface area contributed by atoms with E-state index in [-0.39, 0.29) is 24.0 Å². The van der Waals surface area contributed by atoms with Crippen LogP contribution in [0.1, 0.15) is 36.1 Å². The molecular weight excluding hydrogens is 513 g/mol. The Kier molecular flexibility index (Phi) is 12.6. The zero-order chi connectivity index (χ0) is 21.7. The minimum Gasteiger partial charge on any atom is -0.378 e. The molecule has 0 spiro atoms. The van der Waals surface area contributed by atoms with Gasteiger partial charge in [-0.1, -0.05) is 36.4 Å². The highest BCUT2D eigenvalue weighted by Crippen LogP contribution is 2.16. The quantitative estimate of drug-likeness (QED) is 0.204. The molecular formula is C25H38IN5O. The molecule has 3 rings (SSSR count). The van der Waals surface area contributed by atoms with Crippen molar-refractivity contribution in [3.8, 4) is 0 Å². The van der Waals surface area contributed by atoms with E-state index in [1.165, 1.54) is 11.1 Å². The number of nitrogens with one attached hydrogen (secondary N) is 2. The number of aromatic nitrogens is 1. The fourth-order valence-corrected chi connectivity index (χ4v) is 3.80. The third-order valence-corrected chi connectivity index (χ3v) is 5.65. The summed E-state index contributed by atoms with van der Waals surface area (Å²) in [4.78, 5) is 11.2. The van der Waals surface area contributed by atoms with E-state index in [0.29, 0.717) is 6.10 Å². The summed E-state index contributed by atoms with van der Waals surface area (Å²) in [6.45, 7) is 7.77. The van der Waals surface area contributed by atoms with E-state index in [2.05, 4.69) is 68.0 Å². The van der Waals surface area contributed by atoms with Gasteiger partial charge in [0.05, 0.1) is 6.10 Å². The third kappa shape index (κ3) is 9.83. The molecule has 2 aromatic rings. The average Bonchev–Trinajstić information content (AvgIpc) is 2.80. The van der Waals surface area contributed by atoms with E-state index in [4.69, 9.17) is 4.74 Å². The molecule has 1 fully saturated rings. The van der Waals surface area contributed by atoms with Gasteiger partial charge >= 0.3 is 0 Å². The van der Waals surface area contributed by atoms with Gasteiger partial charge < -0.3 is 15.4 Å². The predicted molar refractivity (Wildman–Crippen MR) is 143 cm³/mol. The predicted octanol–water partition coefficient (Wildman–Crippen LogP) is 3.79. The molecule has 176 valence electrons. The molecule has 0 saturated carbocycles. The van der Waals surface area contributed by atoms with Gasteiger partial charge in [0, 0.05) is 58.3 Å². The van der Waals surface area contributed by atoms with Crippen molar-refractivity contribution in [3.05, 3.63) is 65.5 Å². The first-order valence-corrected chi connectivity index (χ1v) is 11.5. The van der Waals surface area contributed by atoms with Crippen LogP contribution in [0.4, 0.5) is 0 Å². The van der Waals surface area contributed by atoms with Gasteiger partial charge in [-0.25, -0.2) is 0 Å². The monoisotopic (exact) mass is 551 g/mol. The Bertz CT molecular complexity index is 777. The Labute approximate surface area is 210 Å². The number of halogens is 1. The number of hydrogen-bond donors (Lipinski definition) is 2. The Hall–Kier alpha value is -1.71. The Morgan fingerprint density at radius 2 is 1.81 bits per heavy atom. The molecule has 0 aliphatic carbocycles. The van der Waals surface area contributed by atoms with Crippen LogP contribution in [-0.2, 0) is 17.7 Å². The molecule has 0 unspecified atom stereocenters. The summed E-state index contributed by atoms with van der Waals surface area (Å²) in [6.07, 6.45) is 6.49. The average molecular weight is 552 g/mol. The molecule has 1 saturated heterocycles. The minimum absolute atomic E-state index is 0. The summed E-state index contributed by atoms with van der Waals surface area (Å²) in [7, 11) is 1.81. The topological polar surface area (TPSA) is 61.8 Å². The summed E-state index contributed by atoms with van der Waals surface area (Å²) in [6, 6.07) is 14.9. The van der Waals surface area contributed by atoms with Crippen LogP contribution < -0.4 is 10.6 Å². The van der Waals surface area contributed by atoms with Crippen LogP contribution in [0.5, 0.6) is 0 Å². The maximum atomic E-state index is 6.11. The lowest BCUT2D eigenvalue weighted by molar-refractivity contribution is 0.00534. The van der Waals surface area contributed by atoms with Crippen LogP contribution in [0.2, 0.25) is 0 Å². The first-order valence-electron chi connectivity index (χ1n) is 11.5. The van der Waals surface area contributed by atoms with Crippen molar-refractivity contribution in [1.29, 1.82) is 0 Å². The van der Waals surface area contributed by atoms with Crippen LogP contribution in [0.15, 0.2) is 53.7 Å². The number of guanidine groups is 1. The molecule has 0 radical (unpaired) electrons. The van der Waals surface area contributed by atoms with E-state index in [1.54, 1.807) is 0 Å². The van der Waals surface area contributed by atoms with Gasteiger partial charge in [-0.3, -0.25) is 14.9 Å².